The van der Waals surface area contributed by atoms with Crippen molar-refractivity contribution in [2.24, 2.45) is 0 Å². The van der Waals surface area contributed by atoms with Crippen LogP contribution in [0.5, 0.6) is 0 Å². The number of alkyl halides is 4. The lowest BCUT2D eigenvalue weighted by Gasteiger charge is -2.37. The van der Waals surface area contributed by atoms with E-state index in [0.717, 1.165) is 0 Å². The molecule has 0 saturated carbocycles. The summed E-state index contributed by atoms with van der Waals surface area (Å²) in [5.74, 6) is -2.86. The summed E-state index contributed by atoms with van der Waals surface area (Å²) in [5.41, 5.74) is 0.333. The summed E-state index contributed by atoms with van der Waals surface area (Å²) in [6.07, 6.45) is -0.249. The molecule has 20 heteroatoms. The zero-order valence-corrected chi connectivity index (χ0v) is 31.7. The number of carboxylic acid groups (broad SMARTS) is 2. The van der Waals surface area contributed by atoms with Gasteiger partial charge in [0, 0.05) is 90.5 Å². The number of amides is 2. The summed E-state index contributed by atoms with van der Waals surface area (Å²) in [7, 11) is -3.66. The monoisotopic (exact) mass is 879 g/mol. The lowest BCUT2D eigenvalue weighted by Crippen LogP contribution is -2.50. The van der Waals surface area contributed by atoms with Crippen LogP contribution < -0.4 is 14.2 Å². The molecular formula is C26H39Cl4IN5O8PS. The summed E-state index contributed by atoms with van der Waals surface area (Å²) in [6.45, 7) is 0.897. The topological polar surface area (TPSA) is 178 Å². The van der Waals surface area contributed by atoms with Gasteiger partial charge in [-0.2, -0.15) is 11.8 Å². The molecule has 0 radical (unpaired) electrons. The number of hydrogen-bond acceptors (Lipinski definition) is 8. The van der Waals surface area contributed by atoms with Crippen molar-refractivity contribution in [1.82, 2.24) is 23.5 Å². The van der Waals surface area contributed by atoms with Gasteiger partial charge in [-0.15, -0.1) is 46.4 Å². The maximum absolute atomic E-state index is 14.2. The van der Waals surface area contributed by atoms with E-state index in [1.54, 1.807) is 62.5 Å². The molecule has 2 amide bonds. The molecule has 0 bridgehead atoms. The average molecular weight is 881 g/mol. The number of hydrogen-bond donors (Lipinski definition) is 5. The summed E-state index contributed by atoms with van der Waals surface area (Å²) in [6, 6.07) is 4.53. The number of thioether (sulfide) groups is 1. The van der Waals surface area contributed by atoms with Gasteiger partial charge in [-0.1, -0.05) is 30.3 Å². The number of halogens is 5. The Balaban J connectivity index is 3.07. The fraction of sp³-hybridized carbons (Fsp3) is 0.615. The molecular weight excluding hydrogens is 842 g/mol. The van der Waals surface area contributed by atoms with Gasteiger partial charge in [0.2, 0.25) is 11.8 Å². The van der Waals surface area contributed by atoms with Gasteiger partial charge in [0.1, 0.15) is 12.1 Å². The van der Waals surface area contributed by atoms with Gasteiger partial charge in [-0.3, -0.25) is 18.9 Å². The molecule has 1 aromatic carbocycles. The van der Waals surface area contributed by atoms with Crippen LogP contribution in [-0.4, -0.2) is 123 Å². The Morgan fingerprint density at radius 1 is 0.870 bits per heavy atom. The van der Waals surface area contributed by atoms with E-state index in [1.165, 1.54) is 11.8 Å². The number of carbonyl (C=O) groups is 4. The Hall–Kier alpha value is -0.590. The Morgan fingerprint density at radius 2 is 1.41 bits per heavy atom. The highest BCUT2D eigenvalue weighted by Crippen LogP contribution is 2.54. The molecule has 13 nitrogen and oxygen atoms in total. The molecule has 0 aliphatic carbocycles. The van der Waals surface area contributed by atoms with Crippen LogP contribution in [0.4, 0.5) is 0 Å². The number of rotatable bonds is 26. The molecule has 0 aliphatic heterocycles. The summed E-state index contributed by atoms with van der Waals surface area (Å²) in [5, 5.41) is 24.1. The number of carboxylic acids is 2. The molecule has 0 fully saturated rings. The zero-order chi connectivity index (χ0) is 34.5. The van der Waals surface area contributed by atoms with Gasteiger partial charge < -0.3 is 25.4 Å². The predicted molar refractivity (Wildman–Crippen MR) is 192 cm³/mol. The molecule has 262 valence electrons. The number of nitrogens with zero attached hydrogens (tertiary/aromatic N) is 2. The largest absolute Gasteiger partial charge is 0.480 e. The van der Waals surface area contributed by atoms with Crippen molar-refractivity contribution in [2.45, 2.75) is 31.0 Å². The molecule has 0 heterocycles. The van der Waals surface area contributed by atoms with E-state index in [-0.39, 0.29) is 80.7 Å². The first-order valence-electron chi connectivity index (χ1n) is 14.0. The number of carbonyl (C=O) groups excluding carboxylic acids is 2. The summed E-state index contributed by atoms with van der Waals surface area (Å²) in [4.78, 5) is 49.4. The smallest absolute Gasteiger partial charge is 0.346 e. The van der Waals surface area contributed by atoms with Crippen LogP contribution in [0.3, 0.4) is 0 Å². The van der Waals surface area contributed by atoms with Crippen molar-refractivity contribution < 1.29 is 38.5 Å². The second-order valence-corrected chi connectivity index (χ2v) is 15.1. The molecule has 0 spiro atoms. The lowest BCUT2D eigenvalue weighted by molar-refractivity contribution is -0.142. The average Bonchev–Trinajstić information content (AvgIpc) is 3.02. The maximum Gasteiger partial charge on any atom is 0.346 e. The molecule has 0 aliphatic rings. The molecule has 5 N–H and O–H groups in total. The maximum atomic E-state index is 14.2. The van der Waals surface area contributed by atoms with Crippen molar-refractivity contribution in [1.29, 1.82) is 0 Å². The third kappa shape index (κ3) is 15.3. The van der Waals surface area contributed by atoms with Gasteiger partial charge >= 0.3 is 19.6 Å². The molecule has 1 aromatic rings. The minimum Gasteiger partial charge on any atom is -0.480 e. The van der Waals surface area contributed by atoms with Crippen molar-refractivity contribution in [2.75, 3.05) is 67.8 Å². The highest BCUT2D eigenvalue weighted by Gasteiger charge is 2.38. The first kappa shape index (κ1) is 43.4. The number of benzene rings is 1. The lowest BCUT2D eigenvalue weighted by atomic mass is 10.1. The Kier molecular flexibility index (Phi) is 23.2. The van der Waals surface area contributed by atoms with Crippen molar-refractivity contribution in [3.05, 3.63) is 35.9 Å². The molecule has 1 rings (SSSR count). The van der Waals surface area contributed by atoms with Crippen molar-refractivity contribution in [3.8, 4) is 0 Å². The van der Waals surface area contributed by atoms with Crippen molar-refractivity contribution >= 4 is 112 Å². The highest BCUT2D eigenvalue weighted by molar-refractivity contribution is 14.1. The summed E-state index contributed by atoms with van der Waals surface area (Å²) < 4.78 is 25.9. The van der Waals surface area contributed by atoms with E-state index in [2.05, 4.69) is 14.2 Å². The second kappa shape index (κ2) is 24.5. The number of aliphatic carboxylic acids is 2. The van der Waals surface area contributed by atoms with Gasteiger partial charge in [0.25, 0.3) is 0 Å². The SMILES string of the molecule is O=C(CC[C@H](NI)C(=O)O)N[C@@H](CSCCOP(=O)(N(CCCl)CCCl)N(CCCl)CCCl)C(=O)N[C@@H](C(=O)O)c1ccccc1. The summed E-state index contributed by atoms with van der Waals surface area (Å²) >= 11 is 26.7. The Morgan fingerprint density at radius 3 is 1.87 bits per heavy atom. The van der Waals surface area contributed by atoms with Gasteiger partial charge in [-0.05, 0) is 12.0 Å². The third-order valence-corrected chi connectivity index (χ3v) is 11.5. The molecule has 46 heavy (non-hydrogen) atoms. The van der Waals surface area contributed by atoms with E-state index in [9.17, 15) is 34.0 Å². The first-order chi connectivity index (χ1) is 22.0. The molecule has 0 unspecified atom stereocenters. The second-order valence-electron chi connectivity index (χ2n) is 9.41. The zero-order valence-electron chi connectivity index (χ0n) is 24.8. The Bertz CT molecular complexity index is 1110. The number of nitrogens with one attached hydrogen (secondary N) is 3. The van der Waals surface area contributed by atoms with E-state index in [4.69, 9.17) is 50.9 Å². The van der Waals surface area contributed by atoms with Gasteiger partial charge in [-0.25, -0.2) is 17.7 Å². The minimum atomic E-state index is -3.66. The van der Waals surface area contributed by atoms with Crippen LogP contribution >= 0.6 is 88.7 Å². The van der Waals surface area contributed by atoms with Gasteiger partial charge in [0.15, 0.2) is 6.04 Å². The predicted octanol–water partition coefficient (Wildman–Crippen LogP) is 4.00. The molecule has 0 saturated heterocycles. The molecule has 0 aromatic heterocycles. The van der Waals surface area contributed by atoms with E-state index >= 15 is 0 Å². The quantitative estimate of drug-likeness (QED) is 0.0298. The van der Waals surface area contributed by atoms with Crippen LogP contribution in [0.25, 0.3) is 0 Å². The van der Waals surface area contributed by atoms with Crippen molar-refractivity contribution in [3.63, 3.8) is 0 Å². The normalized spacial score (nSPS) is 13.7. The van der Waals surface area contributed by atoms with Gasteiger partial charge in [0.05, 0.1) is 6.61 Å². The fourth-order valence-electron chi connectivity index (χ4n) is 4.00. The minimum absolute atomic E-state index is 0.000589. The van der Waals surface area contributed by atoms with E-state index in [0.29, 0.717) is 5.56 Å². The highest BCUT2D eigenvalue weighted by atomic mass is 127. The van der Waals surface area contributed by atoms with Crippen LogP contribution in [0.1, 0.15) is 24.4 Å². The first-order valence-corrected chi connectivity index (χ1v) is 19.9. The van der Waals surface area contributed by atoms with Crippen LogP contribution in [0.15, 0.2) is 30.3 Å². The van der Waals surface area contributed by atoms with Crippen LogP contribution in [0.2, 0.25) is 0 Å². The van der Waals surface area contributed by atoms with Crippen LogP contribution in [0, 0.1) is 0 Å². The standard InChI is InChI=1S/C26H39Cl4IN5O8PS/c27-8-12-35(13-9-28)45(43,36(14-10-29)15-11-30)44-16-17-46-18-21(32-22(37)7-6-20(34-31)25(39)40)24(38)33-23(26(41)42)19-4-2-1-3-5-19/h1-5,20-21,23,34H,6-18H2,(H,32,37)(H,33,38)(H,39,40)(H,41,42)/t20-,21-,23+/m0/s1. The van der Waals surface area contributed by atoms with Crippen LogP contribution in [-0.2, 0) is 28.3 Å². The Labute approximate surface area is 307 Å². The molecule has 3 atom stereocenters. The third-order valence-electron chi connectivity index (χ3n) is 6.27. The fourth-order valence-corrected chi connectivity index (χ4v) is 9.25. The van der Waals surface area contributed by atoms with E-state index in [1.807, 2.05) is 0 Å². The van der Waals surface area contributed by atoms with E-state index < -0.39 is 49.5 Å².